The monoisotopic (exact) mass is 276 g/mol. The predicted octanol–water partition coefficient (Wildman–Crippen LogP) is 0.974. The van der Waals surface area contributed by atoms with E-state index < -0.39 is 0 Å². The van der Waals surface area contributed by atoms with Gasteiger partial charge in [-0.25, -0.2) is 0 Å². The van der Waals surface area contributed by atoms with Crippen molar-refractivity contribution in [3.05, 3.63) is 30.1 Å². The van der Waals surface area contributed by atoms with E-state index in [1.165, 1.54) is 0 Å². The summed E-state index contributed by atoms with van der Waals surface area (Å²) in [7, 11) is 1.87. The first-order chi connectivity index (χ1) is 9.58. The van der Waals surface area contributed by atoms with E-state index in [1.54, 1.807) is 6.20 Å². The Bertz CT molecular complexity index is 427. The van der Waals surface area contributed by atoms with Gasteiger partial charge in [-0.15, -0.1) is 0 Å². The second-order valence-electron chi connectivity index (χ2n) is 5.63. The fourth-order valence-electron chi connectivity index (χ4n) is 2.67. The number of likely N-dealkylation sites (N-methyl/N-ethyl adjacent to an activating group) is 1. The highest BCUT2D eigenvalue weighted by Crippen LogP contribution is 2.18. The van der Waals surface area contributed by atoms with E-state index >= 15 is 0 Å². The Morgan fingerprint density at radius 1 is 1.30 bits per heavy atom. The third kappa shape index (κ3) is 3.77. The van der Waals surface area contributed by atoms with Gasteiger partial charge < -0.3 is 4.90 Å². The molecule has 1 saturated heterocycles. The molecule has 5 nitrogen and oxygen atoms in total. The van der Waals surface area contributed by atoms with E-state index in [1.807, 2.05) is 30.1 Å². The van der Waals surface area contributed by atoms with Crippen molar-refractivity contribution in [1.82, 2.24) is 20.7 Å². The van der Waals surface area contributed by atoms with Gasteiger partial charge in [-0.05, 0) is 38.3 Å². The van der Waals surface area contributed by atoms with Crippen LogP contribution in [0.15, 0.2) is 24.4 Å². The first-order valence-electron chi connectivity index (χ1n) is 7.23. The average Bonchev–Trinajstić information content (AvgIpc) is 2.76. The molecule has 110 valence electrons. The van der Waals surface area contributed by atoms with Crippen LogP contribution in [0.1, 0.15) is 26.0 Å². The minimum Gasteiger partial charge on any atom is -0.345 e. The normalized spacial score (nSPS) is 25.6. The zero-order valence-electron chi connectivity index (χ0n) is 12.5. The Morgan fingerprint density at radius 3 is 2.60 bits per heavy atom. The van der Waals surface area contributed by atoms with E-state index in [-0.39, 0.29) is 5.91 Å². The van der Waals surface area contributed by atoms with Gasteiger partial charge in [0.05, 0.1) is 6.42 Å². The smallest absolute Gasteiger partial charge is 0.228 e. The number of carbonyl (C=O) groups is 1. The topological polar surface area (TPSA) is 57.3 Å². The Kier molecular flexibility index (Phi) is 5.09. The highest BCUT2D eigenvalue weighted by Gasteiger charge is 2.29. The maximum Gasteiger partial charge on any atom is 0.228 e. The molecule has 2 rings (SSSR count). The molecule has 0 spiro atoms. The minimum absolute atomic E-state index is 0.128. The Morgan fingerprint density at radius 2 is 2.00 bits per heavy atom. The summed E-state index contributed by atoms with van der Waals surface area (Å²) < 4.78 is 0. The minimum atomic E-state index is 0.128. The van der Waals surface area contributed by atoms with Crippen LogP contribution in [-0.4, -0.2) is 41.5 Å². The van der Waals surface area contributed by atoms with Crippen LogP contribution in [0.25, 0.3) is 0 Å². The summed E-state index contributed by atoms with van der Waals surface area (Å²) in [5.41, 5.74) is 7.33. The van der Waals surface area contributed by atoms with Gasteiger partial charge in [-0.2, -0.15) is 0 Å². The maximum absolute atomic E-state index is 12.1. The average molecular weight is 276 g/mol. The molecule has 1 fully saturated rings. The number of pyridine rings is 1. The molecule has 2 atom stereocenters. The van der Waals surface area contributed by atoms with Crippen LogP contribution in [0.4, 0.5) is 0 Å². The maximum atomic E-state index is 12.1. The van der Waals surface area contributed by atoms with Crippen molar-refractivity contribution in [2.24, 2.45) is 5.92 Å². The summed E-state index contributed by atoms with van der Waals surface area (Å²) in [6.07, 6.45) is 3.11. The Balaban J connectivity index is 1.79. The van der Waals surface area contributed by atoms with Crippen molar-refractivity contribution in [3.63, 3.8) is 0 Å². The van der Waals surface area contributed by atoms with Crippen molar-refractivity contribution in [2.75, 3.05) is 13.6 Å². The molecule has 0 radical (unpaired) electrons. The lowest BCUT2D eigenvalue weighted by atomic mass is 9.93. The van der Waals surface area contributed by atoms with Crippen LogP contribution in [0.5, 0.6) is 0 Å². The van der Waals surface area contributed by atoms with Crippen LogP contribution in [0.3, 0.4) is 0 Å². The molecule has 2 N–H and O–H groups in total. The molecule has 0 aliphatic carbocycles. The van der Waals surface area contributed by atoms with Gasteiger partial charge in [0.1, 0.15) is 0 Å². The third-order valence-corrected chi connectivity index (χ3v) is 4.11. The second kappa shape index (κ2) is 6.81. The Labute approximate surface area is 120 Å². The summed E-state index contributed by atoms with van der Waals surface area (Å²) in [6, 6.07) is 6.56. The van der Waals surface area contributed by atoms with E-state index in [2.05, 4.69) is 29.7 Å². The largest absolute Gasteiger partial charge is 0.345 e. The first kappa shape index (κ1) is 14.9. The number of nitrogens with zero attached hydrogens (tertiary/aromatic N) is 2. The molecule has 1 aromatic rings. The summed E-state index contributed by atoms with van der Waals surface area (Å²) in [4.78, 5) is 18.1. The van der Waals surface area contributed by atoms with Crippen molar-refractivity contribution in [1.29, 1.82) is 0 Å². The lowest BCUT2D eigenvalue weighted by Crippen LogP contribution is -2.33. The van der Waals surface area contributed by atoms with Gasteiger partial charge in [0.25, 0.3) is 0 Å². The molecule has 2 unspecified atom stereocenters. The highest BCUT2D eigenvalue weighted by atomic mass is 16.2. The zero-order chi connectivity index (χ0) is 14.5. The SMILES string of the molecule is CC1NNC(C)C1CCN(C)C(=O)Cc1ccccn1. The van der Waals surface area contributed by atoms with E-state index in [0.717, 1.165) is 18.7 Å². The van der Waals surface area contributed by atoms with Crippen LogP contribution in [0.2, 0.25) is 0 Å². The molecule has 1 amide bonds. The van der Waals surface area contributed by atoms with E-state index in [9.17, 15) is 4.79 Å². The molecule has 0 aromatic carbocycles. The molecule has 1 aromatic heterocycles. The number of amides is 1. The number of carbonyl (C=O) groups excluding carboxylic acids is 1. The van der Waals surface area contributed by atoms with Gasteiger partial charge in [-0.1, -0.05) is 6.07 Å². The number of nitrogens with one attached hydrogen (secondary N) is 2. The molecule has 0 saturated carbocycles. The van der Waals surface area contributed by atoms with Crippen LogP contribution >= 0.6 is 0 Å². The Hall–Kier alpha value is -1.46. The molecule has 20 heavy (non-hydrogen) atoms. The quantitative estimate of drug-likeness (QED) is 0.841. The van der Waals surface area contributed by atoms with Gasteiger partial charge in [0.15, 0.2) is 0 Å². The summed E-state index contributed by atoms with van der Waals surface area (Å²) in [5, 5.41) is 0. The first-order valence-corrected chi connectivity index (χ1v) is 7.23. The highest BCUT2D eigenvalue weighted by molar-refractivity contribution is 5.78. The van der Waals surface area contributed by atoms with E-state index in [0.29, 0.717) is 24.4 Å². The van der Waals surface area contributed by atoms with Gasteiger partial charge in [-0.3, -0.25) is 20.6 Å². The molecule has 2 heterocycles. The van der Waals surface area contributed by atoms with Crippen molar-refractivity contribution >= 4 is 5.91 Å². The number of rotatable bonds is 5. The van der Waals surface area contributed by atoms with Gasteiger partial charge >= 0.3 is 0 Å². The standard InChI is InChI=1S/C15H24N4O/c1-11-14(12(2)18-17-11)7-9-19(3)15(20)10-13-6-4-5-8-16-13/h4-6,8,11-12,14,17-18H,7,9-10H2,1-3H3. The molecule has 5 heteroatoms. The molecular weight excluding hydrogens is 252 g/mol. The second-order valence-corrected chi connectivity index (χ2v) is 5.63. The van der Waals surface area contributed by atoms with Crippen LogP contribution in [0, 0.1) is 5.92 Å². The number of aromatic nitrogens is 1. The fourth-order valence-corrected chi connectivity index (χ4v) is 2.67. The number of hydrazine groups is 1. The number of hydrogen-bond donors (Lipinski definition) is 2. The van der Waals surface area contributed by atoms with Gasteiger partial charge in [0, 0.05) is 37.6 Å². The summed E-state index contributed by atoms with van der Waals surface area (Å²) in [5.74, 6) is 0.683. The summed E-state index contributed by atoms with van der Waals surface area (Å²) in [6.45, 7) is 5.14. The molecule has 0 bridgehead atoms. The van der Waals surface area contributed by atoms with Crippen molar-refractivity contribution < 1.29 is 4.79 Å². The lowest BCUT2D eigenvalue weighted by molar-refractivity contribution is -0.129. The van der Waals surface area contributed by atoms with Crippen LogP contribution in [-0.2, 0) is 11.2 Å². The fraction of sp³-hybridized carbons (Fsp3) is 0.600. The summed E-state index contributed by atoms with van der Waals surface area (Å²) >= 11 is 0. The number of hydrogen-bond acceptors (Lipinski definition) is 4. The lowest BCUT2D eigenvalue weighted by Gasteiger charge is -2.22. The molecule has 1 aliphatic heterocycles. The molecular formula is C15H24N4O. The molecule has 1 aliphatic rings. The van der Waals surface area contributed by atoms with Crippen LogP contribution < -0.4 is 10.9 Å². The zero-order valence-corrected chi connectivity index (χ0v) is 12.5. The predicted molar refractivity (Wildman–Crippen MR) is 78.9 cm³/mol. The van der Waals surface area contributed by atoms with Crippen molar-refractivity contribution in [2.45, 2.75) is 38.8 Å². The third-order valence-electron chi connectivity index (χ3n) is 4.11. The van der Waals surface area contributed by atoms with E-state index in [4.69, 9.17) is 0 Å². The van der Waals surface area contributed by atoms with Gasteiger partial charge in [0.2, 0.25) is 5.91 Å². The van der Waals surface area contributed by atoms with Crippen molar-refractivity contribution in [3.8, 4) is 0 Å².